The molecule has 0 spiro atoms. The molecule has 3 heteroatoms. The van der Waals surface area contributed by atoms with Gasteiger partial charge in [-0.05, 0) is 72.9 Å². The zero-order valence-electron chi connectivity index (χ0n) is 16.8. The molecule has 1 saturated carbocycles. The van der Waals surface area contributed by atoms with Gasteiger partial charge in [0.05, 0.1) is 13.7 Å². The highest BCUT2D eigenvalue weighted by Gasteiger charge is 2.54. The van der Waals surface area contributed by atoms with Crippen LogP contribution in [0.4, 0.5) is 0 Å². The lowest BCUT2D eigenvalue weighted by molar-refractivity contribution is -0.0746. The summed E-state index contributed by atoms with van der Waals surface area (Å²) >= 11 is 0. The monoisotopic (exact) mass is 375 g/mol. The molecule has 4 bridgehead atoms. The second-order valence-electron chi connectivity index (χ2n) is 8.49. The molecule has 2 aromatic rings. The van der Waals surface area contributed by atoms with Crippen molar-refractivity contribution in [2.24, 2.45) is 17.8 Å². The van der Waals surface area contributed by atoms with Crippen LogP contribution in [0.1, 0.15) is 43.0 Å². The number of ether oxygens (including phenoxy) is 2. The first-order valence-corrected chi connectivity index (χ1v) is 10.5. The summed E-state index contributed by atoms with van der Waals surface area (Å²) in [6.45, 7) is 8.53. The third kappa shape index (κ3) is 2.76. The van der Waals surface area contributed by atoms with Crippen molar-refractivity contribution >= 4 is 0 Å². The number of piperidine rings is 3. The summed E-state index contributed by atoms with van der Waals surface area (Å²) in [5, 5.41) is 0. The Morgan fingerprint density at radius 3 is 1.93 bits per heavy atom. The van der Waals surface area contributed by atoms with Crippen LogP contribution in [-0.4, -0.2) is 25.2 Å². The fourth-order valence-electron chi connectivity index (χ4n) is 5.94. The van der Waals surface area contributed by atoms with E-state index in [2.05, 4.69) is 60.0 Å². The van der Waals surface area contributed by atoms with Crippen molar-refractivity contribution in [1.29, 1.82) is 0 Å². The summed E-state index contributed by atoms with van der Waals surface area (Å²) in [7, 11) is 1.73. The molecular formula is C25H29NO2. The van der Waals surface area contributed by atoms with Crippen LogP contribution in [-0.2, 0) is 0 Å². The van der Waals surface area contributed by atoms with E-state index in [9.17, 15) is 0 Å². The van der Waals surface area contributed by atoms with Crippen LogP contribution < -0.4 is 9.47 Å². The molecule has 2 unspecified atom stereocenters. The lowest BCUT2D eigenvalue weighted by Gasteiger charge is -2.61. The summed E-state index contributed by atoms with van der Waals surface area (Å²) in [6.07, 6.45) is 2.58. The second kappa shape index (κ2) is 6.97. The maximum Gasteiger partial charge on any atom is 0.119 e. The van der Waals surface area contributed by atoms with Crippen LogP contribution in [0.3, 0.4) is 0 Å². The Bertz CT molecular complexity index is 857. The molecule has 2 aromatic carbocycles. The predicted molar refractivity (Wildman–Crippen MR) is 112 cm³/mol. The standard InChI is InChI=1S/C25H29NO2/c1-4-28-21-11-7-19(8-12-21)25-23-14-17-13-22(16(23)2)24(26(25)15-17)18-5-9-20(27-3)10-6-18/h5-12,17,22-25H,2,4,13-15H2,1,3H3/t17?,22-,23+,24+,25+/m0/s1. The third-order valence-corrected chi connectivity index (χ3v) is 7.06. The van der Waals surface area contributed by atoms with Gasteiger partial charge in [-0.1, -0.05) is 36.4 Å². The van der Waals surface area contributed by atoms with Crippen molar-refractivity contribution < 1.29 is 9.47 Å². The number of benzene rings is 2. The van der Waals surface area contributed by atoms with Crippen molar-refractivity contribution in [2.75, 3.05) is 20.3 Å². The topological polar surface area (TPSA) is 21.7 Å². The molecular weight excluding hydrogens is 346 g/mol. The van der Waals surface area contributed by atoms with E-state index in [0.717, 1.165) is 17.4 Å². The molecule has 0 aromatic heterocycles. The van der Waals surface area contributed by atoms with Crippen LogP contribution >= 0.6 is 0 Å². The average Bonchev–Trinajstić information content (AvgIpc) is 2.73. The molecule has 6 atom stereocenters. The van der Waals surface area contributed by atoms with Gasteiger partial charge in [-0.3, -0.25) is 4.90 Å². The molecule has 3 nitrogen and oxygen atoms in total. The lowest BCUT2D eigenvalue weighted by atomic mass is 9.58. The van der Waals surface area contributed by atoms with Gasteiger partial charge in [-0.15, -0.1) is 0 Å². The summed E-state index contributed by atoms with van der Waals surface area (Å²) in [6, 6.07) is 18.3. The van der Waals surface area contributed by atoms with Crippen molar-refractivity contribution in [3.63, 3.8) is 0 Å². The average molecular weight is 376 g/mol. The quantitative estimate of drug-likeness (QED) is 0.653. The first-order valence-electron chi connectivity index (χ1n) is 10.5. The molecule has 1 aliphatic carbocycles. The third-order valence-electron chi connectivity index (χ3n) is 7.06. The maximum atomic E-state index is 5.66. The van der Waals surface area contributed by atoms with Crippen molar-refractivity contribution in [3.05, 3.63) is 71.8 Å². The first-order chi connectivity index (χ1) is 13.7. The SMILES string of the molecule is C=C1[C@H]2CC3C[C@@H]1[C@@H](c1ccc(OC)cc1)N(C3)[C@@H]2c1ccc(OCC)cc1. The van der Waals surface area contributed by atoms with Gasteiger partial charge in [0.1, 0.15) is 11.5 Å². The molecule has 4 aliphatic rings. The van der Waals surface area contributed by atoms with E-state index in [-0.39, 0.29) is 0 Å². The molecule has 6 rings (SSSR count). The Balaban J connectivity index is 1.52. The Hall–Kier alpha value is -2.26. The Morgan fingerprint density at radius 2 is 1.43 bits per heavy atom. The summed E-state index contributed by atoms with van der Waals surface area (Å²) in [5.41, 5.74) is 4.25. The first kappa shape index (κ1) is 17.8. The maximum absolute atomic E-state index is 5.66. The fraction of sp³-hybridized carbons (Fsp3) is 0.440. The van der Waals surface area contributed by atoms with E-state index >= 15 is 0 Å². The zero-order valence-corrected chi connectivity index (χ0v) is 16.8. The molecule has 0 amide bonds. The van der Waals surface area contributed by atoms with Crippen molar-refractivity contribution in [3.8, 4) is 11.5 Å². The molecule has 146 valence electrons. The molecule has 3 saturated heterocycles. The van der Waals surface area contributed by atoms with Gasteiger partial charge in [0, 0.05) is 18.6 Å². The van der Waals surface area contributed by atoms with E-state index in [0.29, 0.717) is 30.5 Å². The van der Waals surface area contributed by atoms with Crippen molar-refractivity contribution in [2.45, 2.75) is 31.8 Å². The van der Waals surface area contributed by atoms with E-state index in [1.54, 1.807) is 7.11 Å². The van der Waals surface area contributed by atoms with Crippen LogP contribution in [0.2, 0.25) is 0 Å². The highest BCUT2D eigenvalue weighted by atomic mass is 16.5. The highest BCUT2D eigenvalue weighted by molar-refractivity contribution is 5.38. The van der Waals surface area contributed by atoms with E-state index in [1.807, 2.05) is 6.92 Å². The van der Waals surface area contributed by atoms with E-state index < -0.39 is 0 Å². The van der Waals surface area contributed by atoms with Gasteiger partial charge in [0.25, 0.3) is 0 Å². The fourth-order valence-corrected chi connectivity index (χ4v) is 5.94. The molecule has 3 aliphatic heterocycles. The number of rotatable bonds is 5. The summed E-state index contributed by atoms with van der Waals surface area (Å²) < 4.78 is 11.0. The van der Waals surface area contributed by atoms with E-state index in [4.69, 9.17) is 9.47 Å². The molecule has 4 fully saturated rings. The van der Waals surface area contributed by atoms with E-state index in [1.165, 1.54) is 36.1 Å². The Labute approximate surface area is 168 Å². The van der Waals surface area contributed by atoms with Gasteiger partial charge in [-0.25, -0.2) is 0 Å². The minimum atomic E-state index is 0.419. The van der Waals surface area contributed by atoms with Gasteiger partial charge >= 0.3 is 0 Å². The Morgan fingerprint density at radius 1 is 0.893 bits per heavy atom. The highest BCUT2D eigenvalue weighted by Crippen LogP contribution is 2.61. The van der Waals surface area contributed by atoms with Gasteiger partial charge in [-0.2, -0.15) is 0 Å². The number of nitrogens with zero attached hydrogens (tertiary/aromatic N) is 1. The number of hydrogen-bond donors (Lipinski definition) is 0. The molecule has 0 N–H and O–H groups in total. The summed E-state index contributed by atoms with van der Waals surface area (Å²) in [4.78, 5) is 2.76. The largest absolute Gasteiger partial charge is 0.497 e. The zero-order chi connectivity index (χ0) is 19.3. The van der Waals surface area contributed by atoms with Gasteiger partial charge in [0.15, 0.2) is 0 Å². The van der Waals surface area contributed by atoms with Crippen LogP contribution in [0.5, 0.6) is 11.5 Å². The van der Waals surface area contributed by atoms with Gasteiger partial charge in [0.2, 0.25) is 0 Å². The minimum absolute atomic E-state index is 0.419. The van der Waals surface area contributed by atoms with Gasteiger partial charge < -0.3 is 9.47 Å². The normalized spacial score (nSPS) is 33.1. The molecule has 28 heavy (non-hydrogen) atoms. The smallest absolute Gasteiger partial charge is 0.119 e. The molecule has 3 heterocycles. The number of methoxy groups -OCH3 is 1. The predicted octanol–water partition coefficient (Wildman–Crippen LogP) is 5.40. The van der Waals surface area contributed by atoms with Crippen molar-refractivity contribution in [1.82, 2.24) is 4.90 Å². The van der Waals surface area contributed by atoms with Crippen LogP contribution in [0.25, 0.3) is 0 Å². The second-order valence-corrected chi connectivity index (χ2v) is 8.49. The molecule has 0 radical (unpaired) electrons. The summed E-state index contributed by atoms with van der Waals surface area (Å²) in [5.74, 6) is 3.84. The Kier molecular flexibility index (Phi) is 4.43. The lowest BCUT2D eigenvalue weighted by Crippen LogP contribution is -2.57. The minimum Gasteiger partial charge on any atom is -0.497 e. The number of hydrogen-bond acceptors (Lipinski definition) is 3. The van der Waals surface area contributed by atoms with Crippen LogP contribution in [0.15, 0.2) is 60.7 Å². The van der Waals surface area contributed by atoms with Crippen LogP contribution in [0, 0.1) is 17.8 Å².